The maximum absolute atomic E-state index is 12.2. The van der Waals surface area contributed by atoms with E-state index in [0.717, 1.165) is 130 Å². The molecule has 138 heavy (non-hydrogen) atoms. The molecule has 0 radical (unpaired) electrons. The molecule has 15 aliphatic rings. The average molecular weight is 2110 g/mol. The highest BCUT2D eigenvalue weighted by Gasteiger charge is 2.69. The quantitative estimate of drug-likeness (QED) is 0.0129. The molecule has 0 aromatic carbocycles. The fourth-order valence-corrected chi connectivity index (χ4v) is 28.9. The minimum Gasteiger partial charge on any atom is -0.460 e. The van der Waals surface area contributed by atoms with Gasteiger partial charge in [0.05, 0.1) is 57.8 Å². The van der Waals surface area contributed by atoms with Gasteiger partial charge in [-0.3, -0.25) is 43.2 Å². The second-order valence-electron chi connectivity index (χ2n) is 47.1. The fourth-order valence-electron chi connectivity index (χ4n) is 27.3. The van der Waals surface area contributed by atoms with Gasteiger partial charge in [-0.15, -0.1) is 0 Å². The van der Waals surface area contributed by atoms with Crippen molar-refractivity contribution in [3.8, 4) is 0 Å². The summed E-state index contributed by atoms with van der Waals surface area (Å²) in [5.41, 5.74) is -1.87. The molecule has 15 aliphatic carbocycles. The molecule has 0 N–H and O–H groups in total. The molecule has 0 saturated heterocycles. The maximum Gasteiger partial charge on any atom is 0.307 e. The lowest BCUT2D eigenvalue weighted by Gasteiger charge is -2.61. The summed E-state index contributed by atoms with van der Waals surface area (Å²) in [6.45, 7) is 39.8. The maximum atomic E-state index is 12.2. The van der Waals surface area contributed by atoms with E-state index in [1.165, 1.54) is 161 Å². The third kappa shape index (κ3) is 36.4. The van der Waals surface area contributed by atoms with Crippen molar-refractivity contribution in [2.45, 2.75) is 471 Å². The lowest BCUT2D eigenvalue weighted by atomic mass is 9.47. The number of hydrogen-bond acceptors (Lipinski definition) is 27. The molecular formula is C111H194O18S9. The van der Waals surface area contributed by atoms with Gasteiger partial charge in [0.25, 0.3) is 0 Å². The van der Waals surface area contributed by atoms with E-state index in [1.54, 1.807) is 0 Å². The third-order valence-corrected chi connectivity index (χ3v) is 36.5. The standard InChI is InChI=1S/C18H28O2S.C16H26O2S.C16H28O2S.C13H22O2S.C12H22O2S.C11H20O2S.C10H18O2S.C8H16O2S.C7H14O2S/c1-10(2)18(20-15(19)5-6-21)9-13-8-14(18)17-12-4-3-11(7-12)16(13)17;1-10(2)16(18-15(17)3-4-19)13-6-11-5-12(8-13)9-14(16)7-11;1-12(2)16(18-15(17)8-10-19)9-7-13-5-3-4-6-14(13)11-16;1-9(2)13(15-12(14)5-6-16)8-10-3-4-11(13)7-10;1-10(2)12(7-4-3-5-8-12)14-11(13)6-9-15;1-9(2)11(6-3-4-7-11)13-10(12)5-8-14;1-10(6-3-2-4-7-10)12-9(11)5-8-13;1-4-8(2,3)10-7(9)5-6-11;1-7(2,3)9-6(8)4-5-10/h10-14,16-17,21H,3-9H2,1-2H3;10-14,19H,3-9H2,1-2H3;12-14,19H,3-11H2,1-2H3;9-11,16H,3-8H2,1-2H3;10,15H,3-9H2,1-2H3;9,14H,3-8H2,1-2H3;13H,2-8H2,1H3;11H,4-6H2,1-3H3;10H,4-5H2,1-3H3. The summed E-state index contributed by atoms with van der Waals surface area (Å²) in [6.07, 6.45) is 47.8. The van der Waals surface area contributed by atoms with Crippen LogP contribution in [0.15, 0.2) is 0 Å². The lowest BCUT2D eigenvalue weighted by molar-refractivity contribution is -0.224. The first kappa shape index (κ1) is 125. The lowest BCUT2D eigenvalue weighted by Crippen LogP contribution is -2.62. The Labute approximate surface area is 887 Å². The molecule has 0 aliphatic heterocycles. The topological polar surface area (TPSA) is 237 Å². The summed E-state index contributed by atoms with van der Waals surface area (Å²) >= 11 is 36.5. The number of carbonyl (C=O) groups is 9. The molecule has 13 atom stereocenters. The molecule has 0 spiro atoms. The van der Waals surface area contributed by atoms with Crippen LogP contribution in [-0.4, -0.2) is 156 Å². The predicted octanol–water partition coefficient (Wildman–Crippen LogP) is 27.2. The van der Waals surface area contributed by atoms with Crippen molar-refractivity contribution in [3.63, 3.8) is 0 Å². The second kappa shape index (κ2) is 59.7. The van der Waals surface area contributed by atoms with E-state index < -0.39 is 0 Å². The zero-order valence-electron chi connectivity index (χ0n) is 89.1. The molecule has 27 heteroatoms. The highest BCUT2D eigenvalue weighted by atomic mass is 32.1. The Morgan fingerprint density at radius 3 is 1.05 bits per heavy atom. The molecule has 18 nitrogen and oxygen atoms in total. The predicted molar refractivity (Wildman–Crippen MR) is 589 cm³/mol. The molecule has 0 aromatic rings. The van der Waals surface area contributed by atoms with Crippen LogP contribution in [-0.2, 0) is 85.8 Å². The van der Waals surface area contributed by atoms with E-state index in [-0.39, 0.29) is 104 Å². The molecule has 0 aromatic heterocycles. The van der Waals surface area contributed by atoms with Gasteiger partial charge in [0, 0.05) is 57.7 Å². The van der Waals surface area contributed by atoms with Crippen LogP contribution < -0.4 is 0 Å². The van der Waals surface area contributed by atoms with Crippen molar-refractivity contribution in [2.24, 2.45) is 118 Å². The average Bonchev–Trinajstić information content (AvgIpc) is 1.51. The first-order chi connectivity index (χ1) is 65.1. The van der Waals surface area contributed by atoms with Gasteiger partial charge in [-0.05, 0) is 347 Å². The van der Waals surface area contributed by atoms with E-state index in [9.17, 15) is 43.2 Å². The number of thiol groups is 9. The third-order valence-electron chi connectivity index (χ3n) is 34.5. The Hall–Kier alpha value is -1.62. The SMILES string of the molecule is CC(C)(C)OC(=O)CCS.CC(C)C1(OC(=O)CCS)C2CC3CC(C2)CC1C3.CC(C)C1(OC(=O)CCS)CC2CC1C1C3CCC(C3)C21.CC(C)C1(OC(=O)CCS)CC2CCC1C2.CC(C)C1(OC(=O)CCS)CCC2CCCCC2C1.CC(C)C1(OC(=O)CCS)CCCC1.CC(C)C1(OC(=O)CCS)CCCCC1.CC1(OC(=O)CCS)CCCCC1.CCC(C)(C)OC(=O)CCS. The molecular weight excluding hydrogens is 1910 g/mol. The molecule has 0 amide bonds. The van der Waals surface area contributed by atoms with Crippen molar-refractivity contribution in [1.82, 2.24) is 0 Å². The van der Waals surface area contributed by atoms with Gasteiger partial charge in [0.2, 0.25) is 0 Å². The van der Waals surface area contributed by atoms with Crippen molar-refractivity contribution in [1.29, 1.82) is 0 Å². The number of esters is 9. The molecule has 800 valence electrons. The van der Waals surface area contributed by atoms with Gasteiger partial charge in [-0.1, -0.05) is 129 Å². The van der Waals surface area contributed by atoms with E-state index in [4.69, 9.17) is 42.6 Å². The van der Waals surface area contributed by atoms with Gasteiger partial charge in [-0.2, -0.15) is 114 Å². The van der Waals surface area contributed by atoms with Crippen LogP contribution in [0.25, 0.3) is 0 Å². The Kier molecular flexibility index (Phi) is 54.1. The van der Waals surface area contributed by atoms with Crippen molar-refractivity contribution < 1.29 is 85.8 Å². The Balaban J connectivity index is 0.000000240. The molecule has 15 fully saturated rings. The summed E-state index contributed by atoms with van der Waals surface area (Å²) in [6, 6.07) is 0. The van der Waals surface area contributed by atoms with Crippen LogP contribution in [0.4, 0.5) is 0 Å². The summed E-state index contributed by atoms with van der Waals surface area (Å²) in [7, 11) is 0. The Morgan fingerprint density at radius 1 is 0.290 bits per heavy atom. The van der Waals surface area contributed by atoms with Crippen molar-refractivity contribution in [2.75, 3.05) is 51.8 Å². The van der Waals surface area contributed by atoms with Crippen molar-refractivity contribution >= 4 is 167 Å². The zero-order chi connectivity index (χ0) is 103. The normalized spacial score (nSPS) is 30.7. The van der Waals surface area contributed by atoms with Crippen LogP contribution in [0.5, 0.6) is 0 Å². The number of hydrogen-bond donors (Lipinski definition) is 9. The first-order valence-corrected chi connectivity index (χ1v) is 60.3. The van der Waals surface area contributed by atoms with Crippen LogP contribution in [0, 0.1) is 118 Å². The van der Waals surface area contributed by atoms with Crippen LogP contribution in [0.2, 0.25) is 0 Å². The molecule has 15 rings (SSSR count). The highest BCUT2D eigenvalue weighted by Crippen LogP contribution is 2.72. The summed E-state index contributed by atoms with van der Waals surface area (Å²) in [4.78, 5) is 104. The van der Waals surface area contributed by atoms with Gasteiger partial charge < -0.3 is 42.6 Å². The Morgan fingerprint density at radius 2 is 0.659 bits per heavy atom. The fraction of sp³-hybridized carbons (Fsp3) is 0.919. The Bertz CT molecular complexity index is 3630. The number of carbonyl (C=O) groups excluding carboxylic acids is 9. The van der Waals surface area contributed by atoms with E-state index in [1.807, 2.05) is 48.5 Å². The number of ether oxygens (including phenoxy) is 9. The molecule has 15 saturated carbocycles. The largest absolute Gasteiger partial charge is 0.460 e. The minimum atomic E-state index is -0.361. The van der Waals surface area contributed by atoms with E-state index >= 15 is 0 Å². The highest BCUT2D eigenvalue weighted by molar-refractivity contribution is 7.81. The van der Waals surface area contributed by atoms with E-state index in [2.05, 4.69) is 197 Å². The summed E-state index contributed by atoms with van der Waals surface area (Å²) < 4.78 is 50.9. The zero-order valence-corrected chi connectivity index (χ0v) is 97.2. The monoisotopic (exact) mass is 2100 g/mol. The smallest absolute Gasteiger partial charge is 0.307 e. The van der Waals surface area contributed by atoms with Gasteiger partial charge >= 0.3 is 53.7 Å². The number of fused-ring (bicyclic) bond motifs is 12. The second-order valence-corrected chi connectivity index (χ2v) is 51.2. The molecule has 0 heterocycles. The minimum absolute atomic E-state index is 0.0223. The van der Waals surface area contributed by atoms with Gasteiger partial charge in [0.1, 0.15) is 50.4 Å². The summed E-state index contributed by atoms with van der Waals surface area (Å²) in [5.74, 6) is 18.4. The van der Waals surface area contributed by atoms with Crippen LogP contribution in [0.3, 0.4) is 0 Å². The van der Waals surface area contributed by atoms with Crippen LogP contribution in [0.1, 0.15) is 420 Å². The molecule has 10 bridgehead atoms. The molecule has 13 unspecified atom stereocenters. The number of rotatable bonds is 33. The van der Waals surface area contributed by atoms with Gasteiger partial charge in [0.15, 0.2) is 0 Å². The van der Waals surface area contributed by atoms with Crippen molar-refractivity contribution in [3.05, 3.63) is 0 Å². The van der Waals surface area contributed by atoms with Gasteiger partial charge in [-0.25, -0.2) is 0 Å². The summed E-state index contributed by atoms with van der Waals surface area (Å²) in [5, 5.41) is 0. The van der Waals surface area contributed by atoms with Crippen LogP contribution >= 0.6 is 114 Å². The van der Waals surface area contributed by atoms with E-state index in [0.29, 0.717) is 169 Å². The first-order valence-electron chi connectivity index (χ1n) is 54.6.